The molecule has 0 amide bonds. The molecule has 1 heteroatoms. The maximum atomic E-state index is 12.2. The summed E-state index contributed by atoms with van der Waals surface area (Å²) >= 11 is 0. The van der Waals surface area contributed by atoms with Crippen LogP contribution < -0.4 is 0 Å². The minimum atomic E-state index is 0.305. The molecule has 5 aliphatic carbocycles. The van der Waals surface area contributed by atoms with Crippen molar-refractivity contribution in [2.24, 2.45) is 46.3 Å². The molecule has 5 rings (SSSR count). The molecule has 0 aromatic carbocycles. The van der Waals surface area contributed by atoms with Gasteiger partial charge in [-0.15, -0.1) is 0 Å². The van der Waals surface area contributed by atoms with Gasteiger partial charge in [-0.25, -0.2) is 0 Å². The van der Waals surface area contributed by atoms with Crippen molar-refractivity contribution in [1.29, 1.82) is 0 Å². The third-order valence-corrected chi connectivity index (χ3v) is 10.1. The Bertz CT molecular complexity index is 587. The summed E-state index contributed by atoms with van der Waals surface area (Å²) in [5.74, 6) is 4.51. The highest BCUT2D eigenvalue weighted by molar-refractivity contribution is 5.57. The quantitative estimate of drug-likeness (QED) is 0.433. The normalized spacial score (nSPS) is 52.4. The molecule has 25 heavy (non-hydrogen) atoms. The molecular formula is C24H36O. The summed E-state index contributed by atoms with van der Waals surface area (Å²) in [6.07, 6.45) is 19.3. The predicted molar refractivity (Wildman–Crippen MR) is 102 cm³/mol. The van der Waals surface area contributed by atoms with Gasteiger partial charge in [0, 0.05) is 5.92 Å². The van der Waals surface area contributed by atoms with Gasteiger partial charge in [-0.3, -0.25) is 0 Å². The molecule has 0 bridgehead atoms. The van der Waals surface area contributed by atoms with Crippen LogP contribution in [0.15, 0.2) is 11.6 Å². The average Bonchev–Trinajstić information content (AvgIpc) is 2.84. The monoisotopic (exact) mass is 340 g/mol. The Hall–Kier alpha value is -0.590. The SMILES string of the molecule is C[C@]12CCCCC1=CC[C@@H]1[C@@H]2CC[C@]2(C)C(C=O)C(C3CCC3)C[C@@H]12. The van der Waals surface area contributed by atoms with E-state index in [0.717, 1.165) is 23.7 Å². The molecule has 0 saturated heterocycles. The zero-order chi connectivity index (χ0) is 17.2. The first kappa shape index (κ1) is 16.6. The summed E-state index contributed by atoms with van der Waals surface area (Å²) in [7, 11) is 0. The van der Waals surface area contributed by atoms with E-state index in [4.69, 9.17) is 0 Å². The number of hydrogen-bond donors (Lipinski definition) is 0. The number of fused-ring (bicyclic) bond motifs is 5. The Labute approximate surface area is 154 Å². The van der Waals surface area contributed by atoms with Crippen LogP contribution in [0.1, 0.15) is 84.5 Å². The summed E-state index contributed by atoms with van der Waals surface area (Å²) in [5, 5.41) is 0. The topological polar surface area (TPSA) is 17.1 Å². The smallest absolute Gasteiger partial charge is 0.123 e. The molecule has 2 unspecified atom stereocenters. The second kappa shape index (κ2) is 5.70. The molecule has 0 radical (unpaired) electrons. The Kier molecular flexibility index (Phi) is 3.78. The molecule has 0 aromatic rings. The first-order chi connectivity index (χ1) is 12.1. The Balaban J connectivity index is 1.48. The van der Waals surface area contributed by atoms with E-state index in [1.54, 1.807) is 0 Å². The lowest BCUT2D eigenvalue weighted by Gasteiger charge is -2.57. The van der Waals surface area contributed by atoms with E-state index >= 15 is 0 Å². The van der Waals surface area contributed by atoms with Gasteiger partial charge in [0.15, 0.2) is 0 Å². The number of carbonyl (C=O) groups excluding carboxylic acids is 1. The first-order valence-electron chi connectivity index (χ1n) is 11.2. The molecule has 1 nitrogen and oxygen atoms in total. The van der Waals surface area contributed by atoms with Gasteiger partial charge in [-0.1, -0.05) is 51.2 Å². The van der Waals surface area contributed by atoms with Crippen molar-refractivity contribution in [1.82, 2.24) is 0 Å². The Morgan fingerprint density at radius 1 is 1.00 bits per heavy atom. The molecule has 0 aliphatic heterocycles. The molecule has 0 heterocycles. The zero-order valence-electron chi connectivity index (χ0n) is 16.3. The Morgan fingerprint density at radius 3 is 2.56 bits per heavy atom. The summed E-state index contributed by atoms with van der Waals surface area (Å²) in [6.45, 7) is 5.11. The number of rotatable bonds is 2. The molecule has 0 aromatic heterocycles. The molecule has 0 N–H and O–H groups in total. The molecule has 7 atom stereocenters. The Morgan fingerprint density at radius 2 is 1.84 bits per heavy atom. The van der Waals surface area contributed by atoms with Crippen molar-refractivity contribution < 1.29 is 4.79 Å². The maximum Gasteiger partial charge on any atom is 0.123 e. The van der Waals surface area contributed by atoms with Crippen LogP contribution in [-0.4, -0.2) is 6.29 Å². The third-order valence-electron chi connectivity index (χ3n) is 10.1. The van der Waals surface area contributed by atoms with Crippen molar-refractivity contribution in [3.8, 4) is 0 Å². The minimum Gasteiger partial charge on any atom is -0.303 e. The van der Waals surface area contributed by atoms with E-state index in [0.29, 0.717) is 22.7 Å². The number of allylic oxidation sites excluding steroid dienone is 2. The van der Waals surface area contributed by atoms with Crippen molar-refractivity contribution in [3.05, 3.63) is 11.6 Å². The van der Waals surface area contributed by atoms with Gasteiger partial charge >= 0.3 is 0 Å². The van der Waals surface area contributed by atoms with Gasteiger partial charge in [-0.2, -0.15) is 0 Å². The summed E-state index contributed by atoms with van der Waals surface area (Å²) in [6, 6.07) is 0. The lowest BCUT2D eigenvalue weighted by atomic mass is 9.47. The second-order valence-electron chi connectivity index (χ2n) is 10.8. The van der Waals surface area contributed by atoms with Gasteiger partial charge in [-0.05, 0) is 85.4 Å². The van der Waals surface area contributed by atoms with Crippen LogP contribution in [0.3, 0.4) is 0 Å². The van der Waals surface area contributed by atoms with E-state index in [1.807, 2.05) is 5.57 Å². The summed E-state index contributed by atoms with van der Waals surface area (Å²) in [5.41, 5.74) is 2.61. The first-order valence-corrected chi connectivity index (χ1v) is 11.2. The molecule has 138 valence electrons. The second-order valence-corrected chi connectivity index (χ2v) is 10.8. The molecule has 4 saturated carbocycles. The van der Waals surface area contributed by atoms with Gasteiger partial charge in [0.05, 0.1) is 0 Å². The third kappa shape index (κ3) is 2.16. The standard InChI is InChI=1S/C24H36O/c1-23-12-4-3-8-17(23)9-10-18-20(23)11-13-24(2)21(18)14-19(22(24)15-25)16-6-5-7-16/h9,15-16,18-22H,3-8,10-14H2,1-2H3/t18-,19?,20+,21+,22?,23+,24+/m1/s1. The zero-order valence-corrected chi connectivity index (χ0v) is 16.3. The van der Waals surface area contributed by atoms with Crippen molar-refractivity contribution in [2.45, 2.75) is 84.5 Å². The summed E-state index contributed by atoms with van der Waals surface area (Å²) in [4.78, 5) is 12.2. The lowest BCUT2D eigenvalue weighted by Crippen LogP contribution is -2.49. The van der Waals surface area contributed by atoms with Crippen LogP contribution in [0.2, 0.25) is 0 Å². The molecule has 4 fully saturated rings. The van der Waals surface area contributed by atoms with E-state index in [1.165, 1.54) is 76.9 Å². The van der Waals surface area contributed by atoms with E-state index < -0.39 is 0 Å². The predicted octanol–water partition coefficient (Wildman–Crippen LogP) is 6.18. The van der Waals surface area contributed by atoms with Gasteiger partial charge in [0.2, 0.25) is 0 Å². The van der Waals surface area contributed by atoms with Gasteiger partial charge < -0.3 is 4.79 Å². The fourth-order valence-corrected chi connectivity index (χ4v) is 8.44. The van der Waals surface area contributed by atoms with Crippen LogP contribution in [0.25, 0.3) is 0 Å². The highest BCUT2D eigenvalue weighted by atomic mass is 16.1. The highest BCUT2D eigenvalue weighted by Crippen LogP contribution is 2.68. The fourth-order valence-electron chi connectivity index (χ4n) is 8.44. The van der Waals surface area contributed by atoms with E-state index in [2.05, 4.69) is 19.9 Å². The largest absolute Gasteiger partial charge is 0.303 e. The number of carbonyl (C=O) groups is 1. The van der Waals surface area contributed by atoms with E-state index in [9.17, 15) is 4.79 Å². The van der Waals surface area contributed by atoms with Crippen LogP contribution in [0.4, 0.5) is 0 Å². The molecular weight excluding hydrogens is 304 g/mol. The van der Waals surface area contributed by atoms with E-state index in [-0.39, 0.29) is 0 Å². The van der Waals surface area contributed by atoms with Crippen LogP contribution in [0.5, 0.6) is 0 Å². The summed E-state index contributed by atoms with van der Waals surface area (Å²) < 4.78 is 0. The van der Waals surface area contributed by atoms with Crippen LogP contribution in [0, 0.1) is 46.3 Å². The highest BCUT2D eigenvalue weighted by Gasteiger charge is 2.61. The van der Waals surface area contributed by atoms with Crippen LogP contribution >= 0.6 is 0 Å². The number of aldehydes is 1. The van der Waals surface area contributed by atoms with Gasteiger partial charge in [0.25, 0.3) is 0 Å². The average molecular weight is 341 g/mol. The van der Waals surface area contributed by atoms with Gasteiger partial charge in [0.1, 0.15) is 6.29 Å². The maximum absolute atomic E-state index is 12.2. The molecule has 5 aliphatic rings. The minimum absolute atomic E-state index is 0.305. The van der Waals surface area contributed by atoms with Crippen molar-refractivity contribution >= 4 is 6.29 Å². The van der Waals surface area contributed by atoms with Crippen LogP contribution in [-0.2, 0) is 4.79 Å². The van der Waals surface area contributed by atoms with Crippen molar-refractivity contribution in [3.63, 3.8) is 0 Å². The van der Waals surface area contributed by atoms with Crippen molar-refractivity contribution in [2.75, 3.05) is 0 Å². The molecule has 0 spiro atoms. The number of hydrogen-bond acceptors (Lipinski definition) is 1. The lowest BCUT2D eigenvalue weighted by molar-refractivity contribution is -0.119. The fraction of sp³-hybridized carbons (Fsp3) is 0.875.